The van der Waals surface area contributed by atoms with Crippen molar-refractivity contribution >= 4 is 5.97 Å². The normalized spacial score (nSPS) is 44.8. The summed E-state index contributed by atoms with van der Waals surface area (Å²) >= 11 is 0. The van der Waals surface area contributed by atoms with E-state index in [1.165, 1.54) is 0 Å². The van der Waals surface area contributed by atoms with Gasteiger partial charge < -0.3 is 109 Å². The lowest BCUT2D eigenvalue weighted by molar-refractivity contribution is -0.406. The van der Waals surface area contributed by atoms with E-state index >= 15 is 0 Å². The molecule has 0 aromatic heterocycles. The minimum atomic E-state index is -2.02. The van der Waals surface area contributed by atoms with Gasteiger partial charge in [-0.3, -0.25) is 4.79 Å². The maximum absolute atomic E-state index is 11.3. The van der Waals surface area contributed by atoms with Crippen molar-refractivity contribution in [2.75, 3.05) is 33.0 Å². The van der Waals surface area contributed by atoms with Gasteiger partial charge in [-0.25, -0.2) is 0 Å². The molecular weight excluding hydrogens is 764 g/mol. The zero-order valence-corrected chi connectivity index (χ0v) is 30.5. The number of carboxylic acid groups (broad SMARTS) is 1. The second-order valence-corrected chi connectivity index (χ2v) is 14.3. The Bertz CT molecular complexity index is 1150. The molecule has 4 heterocycles. The van der Waals surface area contributed by atoms with Crippen molar-refractivity contribution in [3.63, 3.8) is 0 Å². The van der Waals surface area contributed by atoms with Gasteiger partial charge in [-0.05, 0) is 12.8 Å². The molecule has 23 heteroatoms. The third-order valence-corrected chi connectivity index (χ3v) is 10.3. The summed E-state index contributed by atoms with van der Waals surface area (Å²) in [6, 6.07) is 0. The Hall–Kier alpha value is -1.37. The maximum Gasteiger partial charge on any atom is 0.303 e. The highest BCUT2D eigenvalue weighted by atomic mass is 16.8. The van der Waals surface area contributed by atoms with Gasteiger partial charge in [-0.2, -0.15) is 0 Å². The van der Waals surface area contributed by atoms with E-state index in [0.717, 1.165) is 19.3 Å². The van der Waals surface area contributed by atoms with Crippen molar-refractivity contribution in [1.29, 1.82) is 0 Å². The zero-order chi connectivity index (χ0) is 41.3. The van der Waals surface area contributed by atoms with E-state index in [0.29, 0.717) is 19.3 Å². The second-order valence-electron chi connectivity index (χ2n) is 14.3. The molecule has 20 atom stereocenters. The lowest BCUT2D eigenvalue weighted by Gasteiger charge is -2.49. The van der Waals surface area contributed by atoms with E-state index in [-0.39, 0.29) is 13.0 Å². The Kier molecular flexibility index (Phi) is 18.8. The zero-order valence-electron chi connectivity index (χ0n) is 30.5. The Balaban J connectivity index is 1.54. The smallest absolute Gasteiger partial charge is 0.303 e. The summed E-state index contributed by atoms with van der Waals surface area (Å²) in [5.41, 5.74) is 0. The molecule has 56 heavy (non-hydrogen) atoms. The molecule has 4 fully saturated rings. The van der Waals surface area contributed by atoms with E-state index < -0.39 is 155 Å². The van der Waals surface area contributed by atoms with Crippen molar-refractivity contribution in [3.05, 3.63) is 0 Å². The molecular formula is C33H58O23. The first-order valence-corrected chi connectivity index (χ1v) is 18.7. The van der Waals surface area contributed by atoms with Gasteiger partial charge in [0.05, 0.1) is 26.4 Å². The highest BCUT2D eigenvalue weighted by Crippen LogP contribution is 2.35. The molecule has 0 bridgehead atoms. The standard InChI is InChI=1S/C33H58O23/c34-9-13-18(40)22(44)26(48)30(50-13)54-28-24(46)20(42)15(11-36)52-32(28)56-29-25(47)21(43)16(12-37)53-33(29)55-27-23(45)19(41)14(10-35)51-31(27)49-8-6-4-2-1-3-5-7-17(38)39/h13-16,18-37,40-48H,1-12H2,(H,38,39)/t13-,14-,15-,16-,18-,19-,20-,21-,22+,23+,24+,25+,26+,27+,28+,29+,30-,31+,32-,33-/m1/s1. The average Bonchev–Trinajstić information content (AvgIpc) is 3.18. The maximum atomic E-state index is 11.3. The van der Waals surface area contributed by atoms with Crippen LogP contribution in [0.4, 0.5) is 0 Å². The largest absolute Gasteiger partial charge is 0.481 e. The third kappa shape index (κ3) is 11.5. The van der Waals surface area contributed by atoms with Gasteiger partial charge in [-0.1, -0.05) is 25.7 Å². The van der Waals surface area contributed by atoms with Crippen molar-refractivity contribution in [2.45, 2.75) is 168 Å². The van der Waals surface area contributed by atoms with Crippen molar-refractivity contribution in [2.24, 2.45) is 0 Å². The Labute approximate surface area is 321 Å². The quantitative estimate of drug-likeness (QED) is 0.0507. The molecule has 0 aromatic rings. The number of aliphatic hydroxyl groups excluding tert-OH is 13. The number of aliphatic carboxylic acids is 1. The van der Waals surface area contributed by atoms with Crippen LogP contribution in [0, 0.1) is 0 Å². The Morgan fingerprint density at radius 2 is 0.750 bits per heavy atom. The molecule has 0 aliphatic carbocycles. The van der Waals surface area contributed by atoms with Crippen LogP contribution >= 0.6 is 0 Å². The predicted molar refractivity (Wildman–Crippen MR) is 178 cm³/mol. The summed E-state index contributed by atoms with van der Waals surface area (Å²) in [6.07, 6.45) is -31.7. The van der Waals surface area contributed by atoms with Crippen LogP contribution in [0.5, 0.6) is 0 Å². The predicted octanol–water partition coefficient (Wildman–Crippen LogP) is -6.91. The minimum absolute atomic E-state index is 0.0301. The second kappa shape index (κ2) is 22.3. The van der Waals surface area contributed by atoms with Crippen LogP contribution in [0.15, 0.2) is 0 Å². The molecule has 4 aliphatic heterocycles. The number of aliphatic hydroxyl groups is 13. The minimum Gasteiger partial charge on any atom is -0.481 e. The molecule has 4 saturated heterocycles. The average molecular weight is 823 g/mol. The molecule has 0 amide bonds. The summed E-state index contributed by atoms with van der Waals surface area (Å²) in [5.74, 6) is -0.869. The third-order valence-electron chi connectivity index (χ3n) is 10.3. The number of hydrogen-bond acceptors (Lipinski definition) is 22. The van der Waals surface area contributed by atoms with Gasteiger partial charge in [0, 0.05) is 13.0 Å². The molecule has 4 rings (SSSR count). The molecule has 0 spiro atoms. The first-order valence-electron chi connectivity index (χ1n) is 18.7. The van der Waals surface area contributed by atoms with Crippen molar-refractivity contribution in [3.8, 4) is 0 Å². The van der Waals surface area contributed by atoms with E-state index in [1.54, 1.807) is 0 Å². The molecule has 4 aliphatic rings. The molecule has 14 N–H and O–H groups in total. The molecule has 0 radical (unpaired) electrons. The number of rotatable bonds is 20. The Morgan fingerprint density at radius 3 is 1.18 bits per heavy atom. The lowest BCUT2D eigenvalue weighted by Crippen LogP contribution is -2.68. The van der Waals surface area contributed by atoms with Crippen LogP contribution in [0.2, 0.25) is 0 Å². The van der Waals surface area contributed by atoms with Gasteiger partial charge in [-0.15, -0.1) is 0 Å². The molecule has 0 aromatic carbocycles. The molecule has 0 saturated carbocycles. The van der Waals surface area contributed by atoms with Crippen molar-refractivity contribution < 1.29 is 114 Å². The number of carboxylic acids is 1. The summed E-state index contributed by atoms with van der Waals surface area (Å²) in [5, 5.41) is 145. The fourth-order valence-electron chi connectivity index (χ4n) is 6.89. The van der Waals surface area contributed by atoms with Gasteiger partial charge in [0.1, 0.15) is 97.7 Å². The first-order chi connectivity index (χ1) is 26.7. The number of carbonyl (C=O) groups is 1. The molecule has 23 nitrogen and oxygen atoms in total. The number of hydrogen-bond donors (Lipinski definition) is 14. The highest BCUT2D eigenvalue weighted by Gasteiger charge is 2.56. The number of ether oxygens (including phenoxy) is 8. The number of unbranched alkanes of at least 4 members (excludes halogenated alkanes) is 5. The van der Waals surface area contributed by atoms with Crippen LogP contribution in [0.1, 0.15) is 44.9 Å². The van der Waals surface area contributed by atoms with E-state index in [1.807, 2.05) is 0 Å². The van der Waals surface area contributed by atoms with E-state index in [2.05, 4.69) is 0 Å². The summed E-state index contributed by atoms with van der Waals surface area (Å²) in [4.78, 5) is 10.7. The fourth-order valence-corrected chi connectivity index (χ4v) is 6.89. The van der Waals surface area contributed by atoms with Crippen LogP contribution in [0.3, 0.4) is 0 Å². The first kappa shape index (κ1) is 47.3. The van der Waals surface area contributed by atoms with Crippen LogP contribution in [0.25, 0.3) is 0 Å². The molecule has 328 valence electrons. The van der Waals surface area contributed by atoms with Gasteiger partial charge >= 0.3 is 5.97 Å². The summed E-state index contributed by atoms with van der Waals surface area (Å²) in [6.45, 7) is -3.32. The fraction of sp³-hybridized carbons (Fsp3) is 0.970. The summed E-state index contributed by atoms with van der Waals surface area (Å²) in [7, 11) is 0. The monoisotopic (exact) mass is 822 g/mol. The van der Waals surface area contributed by atoms with Crippen LogP contribution in [-0.4, -0.2) is 233 Å². The van der Waals surface area contributed by atoms with Crippen molar-refractivity contribution in [1.82, 2.24) is 0 Å². The SMILES string of the molecule is O=C(O)CCCCCCCCO[C@H]1O[C@H](CO)[C@@H](O)[C@H](O)[C@@H]1O[C@H]1O[C@H](CO)[C@@H](O)[C@H](O)[C@@H]1O[C@H]1O[C@H](CO)[C@@H](O)[C@H](O)[C@@H]1O[C@H]1O[C@H](CO)[C@@H](O)[C@H](O)[C@@H]1O. The Morgan fingerprint density at radius 1 is 0.411 bits per heavy atom. The summed E-state index contributed by atoms with van der Waals surface area (Å²) < 4.78 is 45.8. The van der Waals surface area contributed by atoms with Crippen LogP contribution in [-0.2, 0) is 42.7 Å². The molecule has 0 unspecified atom stereocenters. The highest BCUT2D eigenvalue weighted by molar-refractivity contribution is 5.66. The lowest BCUT2D eigenvalue weighted by atomic mass is 9.96. The van der Waals surface area contributed by atoms with Gasteiger partial charge in [0.25, 0.3) is 0 Å². The van der Waals surface area contributed by atoms with E-state index in [4.69, 9.17) is 43.0 Å². The van der Waals surface area contributed by atoms with Gasteiger partial charge in [0.2, 0.25) is 0 Å². The van der Waals surface area contributed by atoms with E-state index in [9.17, 15) is 71.2 Å². The topological polar surface area (TPSA) is 374 Å². The van der Waals surface area contributed by atoms with Gasteiger partial charge in [0.15, 0.2) is 25.2 Å². The van der Waals surface area contributed by atoms with Crippen LogP contribution < -0.4 is 0 Å².